The van der Waals surface area contributed by atoms with Gasteiger partial charge in [-0.05, 0) is 37.8 Å². The SMILES string of the molecule is C[C@H]1CCCN(S(=O)(=O)c2ccc(NC[C@@H](C)O)c([N+](=O)[O-])c2)C1. The fourth-order valence-electron chi connectivity index (χ4n) is 2.74. The molecule has 1 aliphatic rings. The first-order valence-corrected chi connectivity index (χ1v) is 9.36. The van der Waals surface area contributed by atoms with Crippen molar-refractivity contribution < 1.29 is 18.4 Å². The molecule has 0 saturated carbocycles. The van der Waals surface area contributed by atoms with Gasteiger partial charge >= 0.3 is 0 Å². The van der Waals surface area contributed by atoms with E-state index in [-0.39, 0.29) is 28.7 Å². The summed E-state index contributed by atoms with van der Waals surface area (Å²) in [6.45, 7) is 4.54. The molecule has 0 bridgehead atoms. The lowest BCUT2D eigenvalue weighted by Gasteiger charge is -2.30. The highest BCUT2D eigenvalue weighted by atomic mass is 32.2. The summed E-state index contributed by atoms with van der Waals surface area (Å²) >= 11 is 0. The van der Waals surface area contributed by atoms with Crippen molar-refractivity contribution in [3.8, 4) is 0 Å². The molecule has 24 heavy (non-hydrogen) atoms. The number of rotatable bonds is 6. The molecule has 0 spiro atoms. The molecule has 2 atom stereocenters. The molecule has 0 amide bonds. The van der Waals surface area contributed by atoms with E-state index in [1.807, 2.05) is 6.92 Å². The van der Waals surface area contributed by atoms with Crippen LogP contribution in [0.1, 0.15) is 26.7 Å². The molecule has 1 aromatic carbocycles. The fourth-order valence-corrected chi connectivity index (χ4v) is 4.36. The van der Waals surface area contributed by atoms with Crippen molar-refractivity contribution in [2.24, 2.45) is 5.92 Å². The Kier molecular flexibility index (Phi) is 5.79. The summed E-state index contributed by atoms with van der Waals surface area (Å²) in [5.74, 6) is 0.274. The van der Waals surface area contributed by atoms with Gasteiger partial charge in [-0.15, -0.1) is 0 Å². The van der Waals surface area contributed by atoms with Gasteiger partial charge in [0.15, 0.2) is 0 Å². The summed E-state index contributed by atoms with van der Waals surface area (Å²) in [6.07, 6.45) is 1.09. The van der Waals surface area contributed by atoms with Gasteiger partial charge < -0.3 is 10.4 Å². The highest BCUT2D eigenvalue weighted by Gasteiger charge is 2.30. The van der Waals surface area contributed by atoms with Crippen molar-refractivity contribution >= 4 is 21.4 Å². The number of nitro groups is 1. The van der Waals surface area contributed by atoms with E-state index >= 15 is 0 Å². The lowest BCUT2D eigenvalue weighted by molar-refractivity contribution is -0.384. The largest absolute Gasteiger partial charge is 0.392 e. The maximum atomic E-state index is 12.7. The Bertz CT molecular complexity index is 705. The van der Waals surface area contributed by atoms with Crippen LogP contribution in [0.5, 0.6) is 0 Å². The number of hydrogen-bond donors (Lipinski definition) is 2. The number of benzene rings is 1. The summed E-state index contributed by atoms with van der Waals surface area (Å²) in [7, 11) is -3.75. The van der Waals surface area contributed by atoms with Crippen molar-refractivity contribution in [3.05, 3.63) is 28.3 Å². The molecule has 2 rings (SSSR count). The number of nitrogens with one attached hydrogen (secondary N) is 1. The Balaban J connectivity index is 2.33. The molecule has 1 heterocycles. The van der Waals surface area contributed by atoms with Crippen molar-refractivity contribution in [1.29, 1.82) is 0 Å². The van der Waals surface area contributed by atoms with E-state index < -0.39 is 21.1 Å². The minimum atomic E-state index is -3.75. The van der Waals surface area contributed by atoms with Gasteiger partial charge in [0.2, 0.25) is 10.0 Å². The van der Waals surface area contributed by atoms with Crippen LogP contribution in [0.2, 0.25) is 0 Å². The van der Waals surface area contributed by atoms with Crippen LogP contribution < -0.4 is 5.32 Å². The number of nitrogens with zero attached hydrogens (tertiary/aromatic N) is 2. The molecule has 0 aliphatic carbocycles. The molecular weight excluding hydrogens is 334 g/mol. The lowest BCUT2D eigenvalue weighted by atomic mass is 10.0. The Morgan fingerprint density at radius 3 is 2.79 bits per heavy atom. The van der Waals surface area contributed by atoms with E-state index in [0.29, 0.717) is 13.1 Å². The van der Waals surface area contributed by atoms with E-state index in [4.69, 9.17) is 0 Å². The van der Waals surface area contributed by atoms with Crippen molar-refractivity contribution in [2.75, 3.05) is 25.0 Å². The molecule has 1 fully saturated rings. The summed E-state index contributed by atoms with van der Waals surface area (Å²) < 4.78 is 26.8. The number of piperidine rings is 1. The van der Waals surface area contributed by atoms with Gasteiger partial charge in [0.25, 0.3) is 5.69 Å². The van der Waals surface area contributed by atoms with E-state index in [1.165, 1.54) is 16.4 Å². The second kappa shape index (κ2) is 7.45. The zero-order valence-electron chi connectivity index (χ0n) is 13.8. The smallest absolute Gasteiger partial charge is 0.293 e. The third-order valence-corrected chi connectivity index (χ3v) is 5.87. The van der Waals surface area contributed by atoms with Gasteiger partial charge in [0.05, 0.1) is 15.9 Å². The van der Waals surface area contributed by atoms with E-state index in [1.54, 1.807) is 6.92 Å². The van der Waals surface area contributed by atoms with E-state index in [0.717, 1.165) is 18.9 Å². The third kappa shape index (κ3) is 4.22. The second-order valence-corrected chi connectivity index (χ2v) is 8.21. The maximum Gasteiger partial charge on any atom is 0.293 e. The molecule has 1 aliphatic heterocycles. The molecule has 1 aromatic rings. The second-order valence-electron chi connectivity index (χ2n) is 6.28. The molecule has 0 aromatic heterocycles. The van der Waals surface area contributed by atoms with Crippen LogP contribution in [0.4, 0.5) is 11.4 Å². The van der Waals surface area contributed by atoms with Crippen molar-refractivity contribution in [3.63, 3.8) is 0 Å². The average molecular weight is 357 g/mol. The molecule has 0 radical (unpaired) electrons. The molecule has 0 unspecified atom stereocenters. The average Bonchev–Trinajstić information content (AvgIpc) is 2.52. The number of nitro benzene ring substituents is 1. The van der Waals surface area contributed by atoms with Crippen LogP contribution in [0.3, 0.4) is 0 Å². The highest BCUT2D eigenvalue weighted by Crippen LogP contribution is 2.30. The number of anilines is 1. The van der Waals surface area contributed by atoms with Crippen molar-refractivity contribution in [2.45, 2.75) is 37.7 Å². The van der Waals surface area contributed by atoms with Crippen LogP contribution in [-0.4, -0.2) is 48.5 Å². The Morgan fingerprint density at radius 2 is 2.21 bits per heavy atom. The summed E-state index contributed by atoms with van der Waals surface area (Å²) in [5.41, 5.74) is -0.131. The van der Waals surface area contributed by atoms with Gasteiger partial charge in [-0.25, -0.2) is 8.42 Å². The van der Waals surface area contributed by atoms with Crippen LogP contribution in [0, 0.1) is 16.0 Å². The summed E-state index contributed by atoms with van der Waals surface area (Å²) in [6, 6.07) is 3.83. The fraction of sp³-hybridized carbons (Fsp3) is 0.600. The van der Waals surface area contributed by atoms with E-state index in [9.17, 15) is 23.6 Å². The Morgan fingerprint density at radius 1 is 1.50 bits per heavy atom. The van der Waals surface area contributed by atoms with E-state index in [2.05, 4.69) is 5.32 Å². The first-order chi connectivity index (χ1) is 11.2. The van der Waals surface area contributed by atoms with Crippen LogP contribution >= 0.6 is 0 Å². The molecule has 9 heteroatoms. The van der Waals surface area contributed by atoms with Gasteiger partial charge in [-0.1, -0.05) is 6.92 Å². The van der Waals surface area contributed by atoms with Crippen molar-refractivity contribution in [1.82, 2.24) is 4.31 Å². The third-order valence-electron chi connectivity index (χ3n) is 4.01. The number of sulfonamides is 1. The van der Waals surface area contributed by atoms with Gasteiger partial charge in [0, 0.05) is 25.7 Å². The first-order valence-electron chi connectivity index (χ1n) is 7.92. The lowest BCUT2D eigenvalue weighted by Crippen LogP contribution is -2.39. The standard InChI is InChI=1S/C15H23N3O5S/c1-11-4-3-7-17(10-11)24(22,23)13-5-6-14(16-9-12(2)19)15(8-13)18(20)21/h5-6,8,11-12,16,19H,3-4,7,9-10H2,1-2H3/t11-,12+/m0/s1. The number of aliphatic hydroxyl groups excluding tert-OH is 1. The minimum Gasteiger partial charge on any atom is -0.392 e. The molecule has 134 valence electrons. The van der Waals surface area contributed by atoms with Gasteiger partial charge in [-0.2, -0.15) is 4.31 Å². The zero-order valence-corrected chi connectivity index (χ0v) is 14.6. The summed E-state index contributed by atoms with van der Waals surface area (Å²) in [4.78, 5) is 10.6. The molecule has 8 nitrogen and oxygen atoms in total. The normalized spacial score (nSPS) is 20.5. The predicted octanol–water partition coefficient (Wildman–Crippen LogP) is 1.81. The minimum absolute atomic E-state index is 0.0779. The highest BCUT2D eigenvalue weighted by molar-refractivity contribution is 7.89. The van der Waals surface area contributed by atoms with Crippen LogP contribution in [0.15, 0.2) is 23.1 Å². The Hall–Kier alpha value is -1.71. The topological polar surface area (TPSA) is 113 Å². The van der Waals surface area contributed by atoms with Crippen LogP contribution in [-0.2, 0) is 10.0 Å². The number of aliphatic hydroxyl groups is 1. The quantitative estimate of drug-likeness (QED) is 0.593. The Labute approximate surface area is 141 Å². The number of hydrogen-bond acceptors (Lipinski definition) is 6. The monoisotopic (exact) mass is 357 g/mol. The first kappa shape index (κ1) is 18.6. The van der Waals surface area contributed by atoms with Gasteiger partial charge in [0.1, 0.15) is 5.69 Å². The molecule has 1 saturated heterocycles. The zero-order chi connectivity index (χ0) is 17.9. The summed E-state index contributed by atoms with van der Waals surface area (Å²) in [5, 5.41) is 23.3. The predicted molar refractivity (Wildman–Crippen MR) is 90.4 cm³/mol. The maximum absolute atomic E-state index is 12.7. The van der Waals surface area contributed by atoms with Crippen LogP contribution in [0.25, 0.3) is 0 Å². The van der Waals surface area contributed by atoms with Gasteiger partial charge in [-0.3, -0.25) is 10.1 Å². The molecular formula is C15H23N3O5S. The molecule has 2 N–H and O–H groups in total.